The summed E-state index contributed by atoms with van der Waals surface area (Å²) in [6.07, 6.45) is 0.564. The summed E-state index contributed by atoms with van der Waals surface area (Å²) >= 11 is 1.15. The van der Waals surface area contributed by atoms with E-state index in [0.29, 0.717) is 29.5 Å². The molecule has 2 heterocycles. The smallest absolute Gasteiger partial charge is 0.332 e. The number of fused-ring (bicyclic) bond motifs is 1. The lowest BCUT2D eigenvalue weighted by Crippen LogP contribution is -2.40. The number of rotatable bonds is 6. The highest BCUT2D eigenvalue weighted by atomic mass is 32.2. The van der Waals surface area contributed by atoms with Gasteiger partial charge in [-0.3, -0.25) is 18.7 Å². The first-order valence-electron chi connectivity index (χ1n) is 9.60. The standard InChI is InChI=1S/C20H30N4O4S/c1-11(2)10-24-15-14(17(25)23(7)19(24)27)16(29-12(3)18(26)28-8)22-13(21-15)9-20(4,5)6/h11-12H,9-10H2,1-8H3. The molecule has 1 atom stereocenters. The van der Waals surface area contributed by atoms with Crippen LogP contribution in [0.5, 0.6) is 0 Å². The number of nitrogens with zero attached hydrogens (tertiary/aromatic N) is 4. The van der Waals surface area contributed by atoms with E-state index in [-0.39, 0.29) is 16.7 Å². The summed E-state index contributed by atoms with van der Waals surface area (Å²) in [5, 5.41) is 0.0900. The Labute approximate surface area is 174 Å². The van der Waals surface area contributed by atoms with Gasteiger partial charge in [0.05, 0.1) is 7.11 Å². The van der Waals surface area contributed by atoms with E-state index in [4.69, 9.17) is 4.74 Å². The van der Waals surface area contributed by atoms with Crippen molar-refractivity contribution in [3.8, 4) is 0 Å². The predicted molar refractivity (Wildman–Crippen MR) is 114 cm³/mol. The largest absolute Gasteiger partial charge is 0.468 e. The van der Waals surface area contributed by atoms with Gasteiger partial charge in [0.1, 0.15) is 21.5 Å². The van der Waals surface area contributed by atoms with Gasteiger partial charge in [0, 0.05) is 20.0 Å². The average molecular weight is 423 g/mol. The zero-order valence-electron chi connectivity index (χ0n) is 18.4. The van der Waals surface area contributed by atoms with Gasteiger partial charge in [0.15, 0.2) is 5.65 Å². The Hall–Kier alpha value is -2.16. The molecule has 0 aliphatic carbocycles. The molecule has 2 rings (SSSR count). The number of ether oxygens (including phenoxy) is 1. The molecule has 8 nitrogen and oxygen atoms in total. The minimum Gasteiger partial charge on any atom is -0.468 e. The van der Waals surface area contributed by atoms with E-state index in [9.17, 15) is 14.4 Å². The fraction of sp³-hybridized carbons (Fsp3) is 0.650. The van der Waals surface area contributed by atoms with Crippen molar-refractivity contribution in [1.29, 1.82) is 0 Å². The highest BCUT2D eigenvalue weighted by Gasteiger charge is 2.24. The molecule has 160 valence electrons. The number of methoxy groups -OCH3 is 1. The van der Waals surface area contributed by atoms with E-state index in [2.05, 4.69) is 30.7 Å². The Morgan fingerprint density at radius 2 is 1.79 bits per heavy atom. The maximum Gasteiger partial charge on any atom is 0.332 e. The Morgan fingerprint density at radius 3 is 2.31 bits per heavy atom. The first-order chi connectivity index (χ1) is 13.4. The van der Waals surface area contributed by atoms with Gasteiger partial charge in [-0.1, -0.05) is 46.4 Å². The summed E-state index contributed by atoms with van der Waals surface area (Å²) < 4.78 is 7.42. The van der Waals surface area contributed by atoms with Crippen LogP contribution < -0.4 is 11.2 Å². The molecule has 0 aliphatic rings. The first kappa shape index (κ1) is 23.1. The Morgan fingerprint density at radius 1 is 1.17 bits per heavy atom. The van der Waals surface area contributed by atoms with Gasteiger partial charge < -0.3 is 4.74 Å². The number of aromatic nitrogens is 4. The number of hydrogen-bond donors (Lipinski definition) is 0. The molecule has 2 aromatic rings. The van der Waals surface area contributed by atoms with Crippen LogP contribution in [0.1, 0.15) is 47.4 Å². The molecule has 29 heavy (non-hydrogen) atoms. The summed E-state index contributed by atoms with van der Waals surface area (Å²) in [6.45, 7) is 12.3. The lowest BCUT2D eigenvalue weighted by molar-refractivity contribution is -0.139. The Bertz CT molecular complexity index is 1030. The Kier molecular flexibility index (Phi) is 6.93. The van der Waals surface area contributed by atoms with Crippen molar-refractivity contribution in [3.63, 3.8) is 0 Å². The zero-order valence-corrected chi connectivity index (χ0v) is 19.2. The van der Waals surface area contributed by atoms with Crippen molar-refractivity contribution in [2.24, 2.45) is 18.4 Å². The second-order valence-electron chi connectivity index (χ2n) is 8.82. The monoisotopic (exact) mass is 422 g/mol. The van der Waals surface area contributed by atoms with Gasteiger partial charge in [-0.05, 0) is 18.3 Å². The van der Waals surface area contributed by atoms with Gasteiger partial charge in [0.2, 0.25) is 0 Å². The molecular formula is C20H30N4O4S. The number of esters is 1. The molecule has 0 N–H and O–H groups in total. The third-order valence-corrected chi connectivity index (χ3v) is 5.32. The molecule has 0 radical (unpaired) electrons. The topological polar surface area (TPSA) is 96.1 Å². The molecule has 0 aromatic carbocycles. The fourth-order valence-electron chi connectivity index (χ4n) is 2.93. The minimum absolute atomic E-state index is 0.0908. The molecular weight excluding hydrogens is 392 g/mol. The molecule has 9 heteroatoms. The number of carbonyl (C=O) groups excluding carboxylic acids is 1. The van der Waals surface area contributed by atoms with Crippen LogP contribution in [0.2, 0.25) is 0 Å². The van der Waals surface area contributed by atoms with E-state index in [1.807, 2.05) is 13.8 Å². The van der Waals surface area contributed by atoms with Crippen LogP contribution in [0, 0.1) is 11.3 Å². The fourth-order valence-corrected chi connectivity index (χ4v) is 3.91. The SMILES string of the molecule is COC(=O)C(C)Sc1nc(CC(C)(C)C)nc2c1c(=O)n(C)c(=O)n2CC(C)C. The van der Waals surface area contributed by atoms with Crippen LogP contribution in [0.15, 0.2) is 14.6 Å². The third kappa shape index (κ3) is 5.26. The Balaban J connectivity index is 2.87. The van der Waals surface area contributed by atoms with Crippen LogP contribution >= 0.6 is 11.8 Å². The summed E-state index contributed by atoms with van der Waals surface area (Å²) in [5.41, 5.74) is -0.645. The van der Waals surface area contributed by atoms with Crippen molar-refractivity contribution >= 4 is 28.8 Å². The van der Waals surface area contributed by atoms with Crippen molar-refractivity contribution in [2.75, 3.05) is 7.11 Å². The third-order valence-electron chi connectivity index (χ3n) is 4.25. The summed E-state index contributed by atoms with van der Waals surface area (Å²) in [6, 6.07) is 0. The highest BCUT2D eigenvalue weighted by molar-refractivity contribution is 8.00. The molecule has 0 amide bonds. The maximum absolute atomic E-state index is 13.0. The molecule has 0 aliphatic heterocycles. The van der Waals surface area contributed by atoms with E-state index < -0.39 is 22.5 Å². The quantitative estimate of drug-likeness (QED) is 0.401. The van der Waals surface area contributed by atoms with Gasteiger partial charge in [-0.15, -0.1) is 0 Å². The van der Waals surface area contributed by atoms with Crippen LogP contribution in [0.25, 0.3) is 11.0 Å². The number of carbonyl (C=O) groups is 1. The molecule has 1 unspecified atom stereocenters. The molecule has 0 saturated heterocycles. The van der Waals surface area contributed by atoms with Gasteiger partial charge in [-0.25, -0.2) is 14.8 Å². The van der Waals surface area contributed by atoms with Crippen molar-refractivity contribution in [2.45, 2.75) is 64.8 Å². The van der Waals surface area contributed by atoms with Gasteiger partial charge in [-0.2, -0.15) is 0 Å². The molecule has 0 saturated carbocycles. The average Bonchev–Trinajstić information content (AvgIpc) is 2.60. The summed E-state index contributed by atoms with van der Waals surface area (Å²) in [4.78, 5) is 47.0. The highest BCUT2D eigenvalue weighted by Crippen LogP contribution is 2.29. The number of thioether (sulfide) groups is 1. The predicted octanol–water partition coefficient (Wildman–Crippen LogP) is 2.39. The second kappa shape index (κ2) is 8.69. The van der Waals surface area contributed by atoms with Gasteiger partial charge in [0.25, 0.3) is 5.56 Å². The van der Waals surface area contributed by atoms with E-state index in [1.54, 1.807) is 6.92 Å². The van der Waals surface area contributed by atoms with Gasteiger partial charge >= 0.3 is 11.7 Å². The van der Waals surface area contributed by atoms with Crippen LogP contribution in [-0.2, 0) is 29.5 Å². The van der Waals surface area contributed by atoms with Crippen LogP contribution in [-0.4, -0.2) is 37.4 Å². The molecule has 0 fully saturated rings. The zero-order chi connectivity index (χ0) is 22.1. The molecule has 2 aromatic heterocycles. The summed E-state index contributed by atoms with van der Waals surface area (Å²) in [5.74, 6) is 0.306. The van der Waals surface area contributed by atoms with E-state index >= 15 is 0 Å². The van der Waals surface area contributed by atoms with Crippen LogP contribution in [0.3, 0.4) is 0 Å². The summed E-state index contributed by atoms with van der Waals surface area (Å²) in [7, 11) is 2.77. The maximum atomic E-state index is 13.0. The normalized spacial score (nSPS) is 13.1. The lowest BCUT2D eigenvalue weighted by atomic mass is 9.92. The van der Waals surface area contributed by atoms with Crippen molar-refractivity contribution in [1.82, 2.24) is 19.1 Å². The van der Waals surface area contributed by atoms with E-state index in [0.717, 1.165) is 16.3 Å². The van der Waals surface area contributed by atoms with Crippen molar-refractivity contribution in [3.05, 3.63) is 26.7 Å². The second-order valence-corrected chi connectivity index (χ2v) is 10.1. The lowest BCUT2D eigenvalue weighted by Gasteiger charge is -2.20. The first-order valence-corrected chi connectivity index (χ1v) is 10.5. The molecule has 0 bridgehead atoms. The van der Waals surface area contributed by atoms with Crippen LogP contribution in [0.4, 0.5) is 0 Å². The molecule has 0 spiro atoms. The van der Waals surface area contributed by atoms with Crippen molar-refractivity contribution < 1.29 is 9.53 Å². The number of hydrogen-bond acceptors (Lipinski definition) is 7. The minimum atomic E-state index is -0.559. The van der Waals surface area contributed by atoms with E-state index in [1.165, 1.54) is 18.7 Å².